The summed E-state index contributed by atoms with van der Waals surface area (Å²) in [6, 6.07) is 8.78. The van der Waals surface area contributed by atoms with Crippen molar-refractivity contribution < 1.29 is 9.47 Å². The third kappa shape index (κ3) is 4.22. The van der Waals surface area contributed by atoms with Crippen molar-refractivity contribution in [3.63, 3.8) is 0 Å². The normalized spacial score (nSPS) is 20.2. The van der Waals surface area contributed by atoms with Gasteiger partial charge in [0.2, 0.25) is 0 Å². The first-order chi connectivity index (χ1) is 9.62. The fraction of sp³-hybridized carbons (Fsp3) is 0.647. The molecule has 0 aliphatic carbocycles. The van der Waals surface area contributed by atoms with Crippen molar-refractivity contribution >= 4 is 0 Å². The van der Waals surface area contributed by atoms with Crippen LogP contribution in [0.2, 0.25) is 0 Å². The minimum Gasteiger partial charge on any atom is -0.487 e. The van der Waals surface area contributed by atoms with Gasteiger partial charge in [-0.1, -0.05) is 18.2 Å². The fourth-order valence-corrected chi connectivity index (χ4v) is 2.81. The summed E-state index contributed by atoms with van der Waals surface area (Å²) in [6.45, 7) is 6.25. The second-order valence-electron chi connectivity index (χ2n) is 6.16. The molecule has 0 saturated carbocycles. The van der Waals surface area contributed by atoms with Gasteiger partial charge in [-0.05, 0) is 45.7 Å². The Hall–Kier alpha value is -1.06. The van der Waals surface area contributed by atoms with Crippen molar-refractivity contribution in [2.75, 3.05) is 20.3 Å². The number of hydrogen-bond donors (Lipinski definition) is 1. The van der Waals surface area contributed by atoms with Gasteiger partial charge >= 0.3 is 0 Å². The van der Waals surface area contributed by atoms with Crippen molar-refractivity contribution in [3.8, 4) is 5.75 Å². The van der Waals surface area contributed by atoms with Gasteiger partial charge in [0.1, 0.15) is 11.4 Å². The number of benzene rings is 1. The van der Waals surface area contributed by atoms with Crippen LogP contribution >= 0.6 is 0 Å². The van der Waals surface area contributed by atoms with Crippen molar-refractivity contribution in [1.82, 2.24) is 5.32 Å². The minimum atomic E-state index is -0.0952. The second-order valence-corrected chi connectivity index (χ2v) is 6.16. The van der Waals surface area contributed by atoms with E-state index in [9.17, 15) is 0 Å². The first-order valence-corrected chi connectivity index (χ1v) is 7.63. The molecule has 1 atom stereocenters. The van der Waals surface area contributed by atoms with Crippen molar-refractivity contribution in [2.45, 2.75) is 51.2 Å². The van der Waals surface area contributed by atoms with E-state index < -0.39 is 0 Å². The monoisotopic (exact) mass is 277 g/mol. The van der Waals surface area contributed by atoms with E-state index in [1.165, 1.54) is 18.4 Å². The quantitative estimate of drug-likeness (QED) is 0.771. The molecule has 1 aromatic rings. The van der Waals surface area contributed by atoms with Gasteiger partial charge < -0.3 is 14.8 Å². The van der Waals surface area contributed by atoms with Gasteiger partial charge in [-0.15, -0.1) is 0 Å². The average Bonchev–Trinajstić information content (AvgIpc) is 2.41. The molecule has 0 saturated heterocycles. The maximum Gasteiger partial charge on any atom is 0.124 e. The third-order valence-electron chi connectivity index (χ3n) is 3.79. The lowest BCUT2D eigenvalue weighted by molar-refractivity contribution is 0.0660. The molecule has 1 aliphatic heterocycles. The molecule has 112 valence electrons. The molecular weight excluding hydrogens is 250 g/mol. The Bertz CT molecular complexity index is 417. The second kappa shape index (κ2) is 7.09. The predicted octanol–water partition coefficient (Wildman–Crippen LogP) is 3.70. The maximum atomic E-state index is 6.05. The first kappa shape index (κ1) is 15.3. The van der Waals surface area contributed by atoms with Crippen LogP contribution in [0.4, 0.5) is 0 Å². The molecule has 2 rings (SSSR count). The standard InChI is InChI=1S/C17H27NO2/c1-17(2)13-15(18-11-7-4-8-12-19-3)14-9-5-6-10-16(14)20-17/h5-6,9-10,15,18H,4,7-8,11-13H2,1-3H3. The number of hydrogen-bond acceptors (Lipinski definition) is 3. The number of unbranched alkanes of at least 4 members (excludes halogenated alkanes) is 2. The highest BCUT2D eigenvalue weighted by molar-refractivity contribution is 5.38. The van der Waals surface area contributed by atoms with E-state index in [-0.39, 0.29) is 5.60 Å². The zero-order valence-corrected chi connectivity index (χ0v) is 12.9. The molecule has 0 amide bonds. The van der Waals surface area contributed by atoms with Crippen LogP contribution in [0.25, 0.3) is 0 Å². The fourth-order valence-electron chi connectivity index (χ4n) is 2.81. The van der Waals surface area contributed by atoms with E-state index in [1.807, 2.05) is 6.07 Å². The molecule has 1 heterocycles. The van der Waals surface area contributed by atoms with Gasteiger partial charge in [-0.2, -0.15) is 0 Å². The highest BCUT2D eigenvalue weighted by Gasteiger charge is 2.32. The van der Waals surface area contributed by atoms with Gasteiger partial charge in [-0.3, -0.25) is 0 Å². The summed E-state index contributed by atoms with van der Waals surface area (Å²) in [5, 5.41) is 3.69. The zero-order valence-electron chi connectivity index (χ0n) is 12.9. The molecule has 0 bridgehead atoms. The molecule has 20 heavy (non-hydrogen) atoms. The van der Waals surface area contributed by atoms with Crippen LogP contribution in [-0.4, -0.2) is 25.9 Å². The molecular formula is C17H27NO2. The summed E-state index contributed by atoms with van der Waals surface area (Å²) in [5.74, 6) is 1.03. The summed E-state index contributed by atoms with van der Waals surface area (Å²) in [7, 11) is 1.76. The zero-order chi connectivity index (χ0) is 14.4. The van der Waals surface area contributed by atoms with Crippen LogP contribution in [0.15, 0.2) is 24.3 Å². The Balaban J connectivity index is 1.87. The predicted molar refractivity (Wildman–Crippen MR) is 82.2 cm³/mol. The maximum absolute atomic E-state index is 6.05. The number of para-hydroxylation sites is 1. The van der Waals surface area contributed by atoms with Gasteiger partial charge in [0.15, 0.2) is 0 Å². The van der Waals surface area contributed by atoms with Crippen molar-refractivity contribution in [2.24, 2.45) is 0 Å². The summed E-state index contributed by atoms with van der Waals surface area (Å²) in [5.41, 5.74) is 1.20. The van der Waals surface area contributed by atoms with E-state index in [4.69, 9.17) is 9.47 Å². The van der Waals surface area contributed by atoms with E-state index in [0.29, 0.717) is 6.04 Å². The average molecular weight is 277 g/mol. The van der Waals surface area contributed by atoms with Crippen molar-refractivity contribution in [1.29, 1.82) is 0 Å². The van der Waals surface area contributed by atoms with Gasteiger partial charge in [0.05, 0.1) is 0 Å². The van der Waals surface area contributed by atoms with Crippen LogP contribution in [0.1, 0.15) is 51.1 Å². The van der Waals surface area contributed by atoms with Crippen LogP contribution in [-0.2, 0) is 4.74 Å². The topological polar surface area (TPSA) is 30.5 Å². The molecule has 1 unspecified atom stereocenters. The highest BCUT2D eigenvalue weighted by Crippen LogP contribution is 2.39. The number of nitrogens with one attached hydrogen (secondary N) is 1. The number of ether oxygens (including phenoxy) is 2. The van der Waals surface area contributed by atoms with E-state index in [1.54, 1.807) is 7.11 Å². The smallest absolute Gasteiger partial charge is 0.124 e. The van der Waals surface area contributed by atoms with Crippen LogP contribution in [0.3, 0.4) is 0 Å². The Labute approximate surface area is 122 Å². The molecule has 0 aromatic heterocycles. The molecule has 0 spiro atoms. The Morgan fingerprint density at radius 1 is 1.25 bits per heavy atom. The number of rotatable bonds is 7. The molecule has 1 aromatic carbocycles. The van der Waals surface area contributed by atoms with Gasteiger partial charge in [0.25, 0.3) is 0 Å². The Morgan fingerprint density at radius 3 is 2.85 bits per heavy atom. The molecule has 1 N–H and O–H groups in total. The lowest BCUT2D eigenvalue weighted by atomic mass is 9.89. The van der Waals surface area contributed by atoms with Crippen LogP contribution in [0, 0.1) is 0 Å². The summed E-state index contributed by atoms with van der Waals surface area (Å²) in [4.78, 5) is 0. The highest BCUT2D eigenvalue weighted by atomic mass is 16.5. The molecule has 3 heteroatoms. The molecule has 0 radical (unpaired) electrons. The SMILES string of the molecule is COCCCCCNC1CC(C)(C)Oc2ccccc21. The third-order valence-corrected chi connectivity index (χ3v) is 3.79. The molecule has 1 aliphatic rings. The molecule has 3 nitrogen and oxygen atoms in total. The number of methoxy groups -OCH3 is 1. The lowest BCUT2D eigenvalue weighted by Gasteiger charge is -2.38. The Kier molecular flexibility index (Phi) is 5.44. The number of fused-ring (bicyclic) bond motifs is 1. The minimum absolute atomic E-state index is 0.0952. The largest absolute Gasteiger partial charge is 0.487 e. The summed E-state index contributed by atoms with van der Waals surface area (Å²) < 4.78 is 11.1. The van der Waals surface area contributed by atoms with E-state index in [0.717, 1.165) is 31.7 Å². The van der Waals surface area contributed by atoms with Gasteiger partial charge in [-0.25, -0.2) is 0 Å². The Morgan fingerprint density at radius 2 is 2.05 bits per heavy atom. The van der Waals surface area contributed by atoms with Crippen molar-refractivity contribution in [3.05, 3.63) is 29.8 Å². The molecule has 0 fully saturated rings. The lowest BCUT2D eigenvalue weighted by Crippen LogP contribution is -2.39. The van der Waals surface area contributed by atoms with E-state index >= 15 is 0 Å². The van der Waals surface area contributed by atoms with Crippen LogP contribution in [0.5, 0.6) is 5.75 Å². The summed E-state index contributed by atoms with van der Waals surface area (Å²) in [6.07, 6.45) is 4.58. The first-order valence-electron chi connectivity index (χ1n) is 7.63. The van der Waals surface area contributed by atoms with Crippen LogP contribution < -0.4 is 10.1 Å². The van der Waals surface area contributed by atoms with E-state index in [2.05, 4.69) is 37.4 Å². The van der Waals surface area contributed by atoms with Gasteiger partial charge in [0, 0.05) is 31.7 Å². The summed E-state index contributed by atoms with van der Waals surface area (Å²) >= 11 is 0.